The standard InChI is InChI=1S/C42H25NO3/c1-2-9-26(10-3-1)27-17-19-28(20-18-27)43(35-14-8-13-32-30-11-4-6-15-36(30)45-41(32)35)29-21-22-34-39(25-29)44-38-24-23-33-31-12-5-7-16-37(31)46-42(33)40(34)38/h1-25H. The van der Waals surface area contributed by atoms with Gasteiger partial charge in [0.2, 0.25) is 0 Å². The number of benzene rings is 7. The van der Waals surface area contributed by atoms with Gasteiger partial charge in [-0.2, -0.15) is 0 Å². The summed E-state index contributed by atoms with van der Waals surface area (Å²) in [6.07, 6.45) is 0. The number of hydrogen-bond acceptors (Lipinski definition) is 4. The highest BCUT2D eigenvalue weighted by atomic mass is 16.3. The first-order valence-electron chi connectivity index (χ1n) is 15.4. The van der Waals surface area contributed by atoms with Crippen LogP contribution in [0, 0.1) is 0 Å². The zero-order valence-electron chi connectivity index (χ0n) is 24.6. The normalized spacial score (nSPS) is 11.9. The van der Waals surface area contributed by atoms with Crippen molar-refractivity contribution >= 4 is 82.9 Å². The molecule has 0 spiro atoms. The molecular weight excluding hydrogens is 566 g/mol. The van der Waals surface area contributed by atoms with Crippen molar-refractivity contribution in [1.82, 2.24) is 0 Å². The highest BCUT2D eigenvalue weighted by Crippen LogP contribution is 2.45. The van der Waals surface area contributed by atoms with Crippen molar-refractivity contribution in [2.24, 2.45) is 0 Å². The number of anilines is 3. The Kier molecular flexibility index (Phi) is 5.25. The van der Waals surface area contributed by atoms with Crippen LogP contribution < -0.4 is 4.90 Å². The van der Waals surface area contributed by atoms with E-state index in [1.165, 1.54) is 5.56 Å². The summed E-state index contributed by atoms with van der Waals surface area (Å²) in [7, 11) is 0. The molecule has 10 rings (SSSR count). The first-order valence-corrected chi connectivity index (χ1v) is 15.4. The van der Waals surface area contributed by atoms with E-state index in [1.54, 1.807) is 0 Å². The molecule has 0 saturated carbocycles. The van der Waals surface area contributed by atoms with Crippen LogP contribution >= 0.6 is 0 Å². The van der Waals surface area contributed by atoms with Gasteiger partial charge in [-0.05, 0) is 65.7 Å². The Labute approximate surface area is 263 Å². The Morgan fingerprint density at radius 2 is 0.957 bits per heavy atom. The first kappa shape index (κ1) is 25.1. The summed E-state index contributed by atoms with van der Waals surface area (Å²) in [5.41, 5.74) is 10.3. The van der Waals surface area contributed by atoms with Gasteiger partial charge in [-0.1, -0.05) is 91.0 Å². The molecule has 3 heterocycles. The van der Waals surface area contributed by atoms with Crippen LogP contribution in [0.3, 0.4) is 0 Å². The predicted octanol–water partition coefficient (Wildman–Crippen LogP) is 12.5. The molecule has 0 aliphatic rings. The van der Waals surface area contributed by atoms with E-state index in [4.69, 9.17) is 13.3 Å². The van der Waals surface area contributed by atoms with Gasteiger partial charge in [0.05, 0.1) is 16.8 Å². The number of nitrogens with zero attached hydrogens (tertiary/aromatic N) is 1. The second kappa shape index (κ2) is 9.62. The van der Waals surface area contributed by atoms with Gasteiger partial charge in [0.15, 0.2) is 5.58 Å². The molecule has 0 aliphatic heterocycles. The van der Waals surface area contributed by atoms with E-state index in [-0.39, 0.29) is 0 Å². The van der Waals surface area contributed by atoms with Crippen LogP contribution in [-0.2, 0) is 0 Å². The number of hydrogen-bond donors (Lipinski definition) is 0. The number of fused-ring (bicyclic) bond motifs is 10. The minimum atomic E-state index is 0.795. The van der Waals surface area contributed by atoms with Gasteiger partial charge < -0.3 is 18.2 Å². The smallest absolute Gasteiger partial charge is 0.159 e. The van der Waals surface area contributed by atoms with Crippen molar-refractivity contribution < 1.29 is 13.3 Å². The number of para-hydroxylation sites is 3. The van der Waals surface area contributed by atoms with Gasteiger partial charge >= 0.3 is 0 Å². The Bertz CT molecular complexity index is 2750. The fourth-order valence-corrected chi connectivity index (χ4v) is 6.94. The largest absolute Gasteiger partial charge is 0.456 e. The number of furan rings is 3. The lowest BCUT2D eigenvalue weighted by atomic mass is 10.0. The van der Waals surface area contributed by atoms with Crippen LogP contribution in [-0.4, -0.2) is 0 Å². The molecule has 0 radical (unpaired) electrons. The molecule has 3 aromatic heterocycles. The molecule has 0 amide bonds. The molecule has 0 unspecified atom stereocenters. The highest BCUT2D eigenvalue weighted by Gasteiger charge is 2.22. The monoisotopic (exact) mass is 591 g/mol. The summed E-state index contributed by atoms with van der Waals surface area (Å²) < 4.78 is 19.4. The van der Waals surface area contributed by atoms with Crippen LogP contribution in [0.1, 0.15) is 0 Å². The molecule has 0 atom stereocenters. The summed E-state index contributed by atoms with van der Waals surface area (Å²) >= 11 is 0. The Balaban J connectivity index is 1.20. The van der Waals surface area contributed by atoms with E-state index in [0.717, 1.165) is 88.4 Å². The zero-order chi connectivity index (χ0) is 30.2. The van der Waals surface area contributed by atoms with Crippen LogP contribution in [0.4, 0.5) is 17.1 Å². The van der Waals surface area contributed by atoms with Crippen LogP contribution in [0.25, 0.3) is 76.9 Å². The van der Waals surface area contributed by atoms with Crippen molar-refractivity contribution in [3.05, 3.63) is 152 Å². The summed E-state index contributed by atoms with van der Waals surface area (Å²) in [6, 6.07) is 52.4. The maximum Gasteiger partial charge on any atom is 0.159 e. The van der Waals surface area contributed by atoms with Gasteiger partial charge in [0.25, 0.3) is 0 Å². The third kappa shape index (κ3) is 3.67. The molecule has 4 nitrogen and oxygen atoms in total. The molecular formula is C42H25NO3. The van der Waals surface area contributed by atoms with Crippen LogP contribution in [0.5, 0.6) is 0 Å². The number of rotatable bonds is 4. The van der Waals surface area contributed by atoms with Gasteiger partial charge in [-0.3, -0.25) is 0 Å². The van der Waals surface area contributed by atoms with Crippen molar-refractivity contribution in [3.63, 3.8) is 0 Å². The second-order valence-electron chi connectivity index (χ2n) is 11.7. The highest BCUT2D eigenvalue weighted by molar-refractivity contribution is 6.22. The fourth-order valence-electron chi connectivity index (χ4n) is 6.94. The average molecular weight is 592 g/mol. The van der Waals surface area contributed by atoms with E-state index in [1.807, 2.05) is 36.4 Å². The fraction of sp³-hybridized carbons (Fsp3) is 0. The lowest BCUT2D eigenvalue weighted by Gasteiger charge is -2.25. The molecule has 0 bridgehead atoms. The van der Waals surface area contributed by atoms with E-state index >= 15 is 0 Å². The summed E-state index contributed by atoms with van der Waals surface area (Å²) in [4.78, 5) is 2.25. The molecule has 4 heteroatoms. The minimum Gasteiger partial charge on any atom is -0.456 e. The van der Waals surface area contributed by atoms with Gasteiger partial charge in [0.1, 0.15) is 27.9 Å². The molecule has 0 N–H and O–H groups in total. The van der Waals surface area contributed by atoms with E-state index in [2.05, 4.69) is 120 Å². The first-order chi connectivity index (χ1) is 22.8. The summed E-state index contributed by atoms with van der Waals surface area (Å²) in [5, 5.41) is 6.39. The van der Waals surface area contributed by atoms with Crippen molar-refractivity contribution in [3.8, 4) is 11.1 Å². The lowest BCUT2D eigenvalue weighted by Crippen LogP contribution is -2.10. The Morgan fingerprint density at radius 1 is 0.348 bits per heavy atom. The maximum atomic E-state index is 6.54. The lowest BCUT2D eigenvalue weighted by molar-refractivity contribution is 0.662. The van der Waals surface area contributed by atoms with Gasteiger partial charge in [-0.15, -0.1) is 0 Å². The van der Waals surface area contributed by atoms with Crippen molar-refractivity contribution in [1.29, 1.82) is 0 Å². The topological polar surface area (TPSA) is 42.7 Å². The third-order valence-electron chi connectivity index (χ3n) is 9.08. The molecule has 216 valence electrons. The quantitative estimate of drug-likeness (QED) is 0.204. The average Bonchev–Trinajstić information content (AvgIpc) is 3.80. The molecule has 0 fully saturated rings. The van der Waals surface area contributed by atoms with E-state index in [0.29, 0.717) is 0 Å². The summed E-state index contributed by atoms with van der Waals surface area (Å²) in [5.74, 6) is 0. The maximum absolute atomic E-state index is 6.54. The summed E-state index contributed by atoms with van der Waals surface area (Å²) in [6.45, 7) is 0. The molecule has 0 saturated heterocycles. The van der Waals surface area contributed by atoms with E-state index in [9.17, 15) is 0 Å². The van der Waals surface area contributed by atoms with Crippen LogP contribution in [0.15, 0.2) is 165 Å². The molecule has 0 aliphatic carbocycles. The minimum absolute atomic E-state index is 0.795. The van der Waals surface area contributed by atoms with Crippen LogP contribution in [0.2, 0.25) is 0 Å². The SMILES string of the molecule is c1ccc(-c2ccc(N(c3ccc4c(c3)oc3ccc5c6ccccc6oc5c34)c3cccc4c3oc3ccccc34)cc2)cc1. The second-order valence-corrected chi connectivity index (χ2v) is 11.7. The van der Waals surface area contributed by atoms with Gasteiger partial charge in [0, 0.05) is 38.7 Å². The molecule has 10 aromatic rings. The Morgan fingerprint density at radius 3 is 1.74 bits per heavy atom. The van der Waals surface area contributed by atoms with E-state index < -0.39 is 0 Å². The zero-order valence-corrected chi connectivity index (χ0v) is 24.6. The van der Waals surface area contributed by atoms with Crippen molar-refractivity contribution in [2.45, 2.75) is 0 Å². The molecule has 7 aromatic carbocycles. The van der Waals surface area contributed by atoms with Crippen molar-refractivity contribution in [2.75, 3.05) is 4.90 Å². The van der Waals surface area contributed by atoms with Gasteiger partial charge in [-0.25, -0.2) is 0 Å². The Hall–Kier alpha value is -6.26. The predicted molar refractivity (Wildman–Crippen MR) is 188 cm³/mol. The third-order valence-corrected chi connectivity index (χ3v) is 9.08. The molecule has 46 heavy (non-hydrogen) atoms.